The summed E-state index contributed by atoms with van der Waals surface area (Å²) in [5.74, 6) is -0.416. The van der Waals surface area contributed by atoms with E-state index in [2.05, 4.69) is 31.5 Å². The second-order valence-corrected chi connectivity index (χ2v) is 7.78. The number of rotatable bonds is 4. The van der Waals surface area contributed by atoms with Crippen molar-refractivity contribution in [3.05, 3.63) is 62.2 Å². The quantitative estimate of drug-likeness (QED) is 0.669. The molecule has 2 N–H and O–H groups in total. The maximum Gasteiger partial charge on any atom is 0.265 e. The highest BCUT2D eigenvalue weighted by Gasteiger charge is 2.10. The van der Waals surface area contributed by atoms with Crippen molar-refractivity contribution in [2.24, 2.45) is 0 Å². The number of nitrogens with one attached hydrogen (secondary N) is 2. The Morgan fingerprint density at radius 3 is 2.39 bits per heavy atom. The predicted octanol–water partition coefficient (Wildman–Crippen LogP) is 4.47. The summed E-state index contributed by atoms with van der Waals surface area (Å²) in [7, 11) is 0. The van der Waals surface area contributed by atoms with Crippen molar-refractivity contribution in [1.29, 1.82) is 0 Å². The van der Waals surface area contributed by atoms with Crippen LogP contribution in [0.2, 0.25) is 0 Å². The zero-order valence-electron chi connectivity index (χ0n) is 11.6. The third-order valence-corrected chi connectivity index (χ3v) is 5.17. The van der Waals surface area contributed by atoms with Crippen LogP contribution in [0.5, 0.6) is 0 Å². The molecule has 0 fully saturated rings. The molecule has 116 valence electrons. The molecule has 1 aromatic carbocycles. The number of halogens is 1. The molecule has 0 saturated carbocycles. The van der Waals surface area contributed by atoms with Crippen molar-refractivity contribution >= 4 is 61.2 Å². The van der Waals surface area contributed by atoms with Gasteiger partial charge >= 0.3 is 0 Å². The fourth-order valence-corrected chi connectivity index (χ4v) is 3.59. The zero-order valence-corrected chi connectivity index (χ0v) is 14.8. The number of aromatic nitrogens is 1. The molecule has 2 aromatic heterocycles. The summed E-state index contributed by atoms with van der Waals surface area (Å²) in [4.78, 5) is 28.7. The first-order chi connectivity index (χ1) is 11.1. The summed E-state index contributed by atoms with van der Waals surface area (Å²) in [6.45, 7) is 0. The monoisotopic (exact) mass is 407 g/mol. The van der Waals surface area contributed by atoms with Gasteiger partial charge in [-0.25, -0.2) is 4.98 Å². The van der Waals surface area contributed by atoms with Gasteiger partial charge in [0.2, 0.25) is 0 Å². The standard InChI is InChI=1S/C15H10BrN3O2S2/c16-12-6-5-11(23-12)14(21)18-10-3-1-9(2-4-10)13(20)19-15-17-7-8-22-15/h1-8H,(H,18,21)(H,17,19,20). The van der Waals surface area contributed by atoms with Gasteiger partial charge in [-0.3, -0.25) is 14.9 Å². The summed E-state index contributed by atoms with van der Waals surface area (Å²) in [6, 6.07) is 10.3. The van der Waals surface area contributed by atoms with Gasteiger partial charge in [0.1, 0.15) is 0 Å². The van der Waals surface area contributed by atoms with Crippen LogP contribution in [0.1, 0.15) is 20.0 Å². The Hall–Kier alpha value is -2.03. The Labute approximate surface area is 148 Å². The lowest BCUT2D eigenvalue weighted by atomic mass is 10.2. The Balaban J connectivity index is 1.65. The average Bonchev–Trinajstić information content (AvgIpc) is 3.19. The highest BCUT2D eigenvalue weighted by Crippen LogP contribution is 2.23. The van der Waals surface area contributed by atoms with Crippen molar-refractivity contribution in [3.63, 3.8) is 0 Å². The van der Waals surface area contributed by atoms with Gasteiger partial charge in [-0.05, 0) is 52.3 Å². The van der Waals surface area contributed by atoms with E-state index in [1.54, 1.807) is 41.9 Å². The van der Waals surface area contributed by atoms with Gasteiger partial charge in [-0.1, -0.05) is 0 Å². The van der Waals surface area contributed by atoms with E-state index in [1.807, 2.05) is 6.07 Å². The highest BCUT2D eigenvalue weighted by atomic mass is 79.9. The minimum Gasteiger partial charge on any atom is -0.321 e. The summed E-state index contributed by atoms with van der Waals surface area (Å²) in [5.41, 5.74) is 1.13. The summed E-state index contributed by atoms with van der Waals surface area (Å²) in [6.07, 6.45) is 1.63. The molecule has 3 aromatic rings. The van der Waals surface area contributed by atoms with E-state index in [1.165, 1.54) is 22.7 Å². The first-order valence-corrected chi connectivity index (χ1v) is 8.98. The molecule has 0 aliphatic carbocycles. The number of hydrogen-bond donors (Lipinski definition) is 2. The summed E-state index contributed by atoms with van der Waals surface area (Å²) < 4.78 is 0.900. The van der Waals surface area contributed by atoms with Crippen molar-refractivity contribution in [1.82, 2.24) is 4.98 Å². The third kappa shape index (κ3) is 4.04. The second-order valence-electron chi connectivity index (χ2n) is 4.43. The molecule has 3 rings (SSSR count). The van der Waals surface area contributed by atoms with Crippen LogP contribution in [0.4, 0.5) is 10.8 Å². The molecular weight excluding hydrogens is 398 g/mol. The molecule has 5 nitrogen and oxygen atoms in total. The normalized spacial score (nSPS) is 10.3. The van der Waals surface area contributed by atoms with Crippen LogP contribution in [-0.4, -0.2) is 16.8 Å². The van der Waals surface area contributed by atoms with Crippen LogP contribution < -0.4 is 10.6 Å². The topological polar surface area (TPSA) is 71.1 Å². The Morgan fingerprint density at radius 1 is 1.00 bits per heavy atom. The number of carbonyl (C=O) groups is 2. The van der Waals surface area contributed by atoms with Gasteiger partial charge in [0.15, 0.2) is 5.13 Å². The number of nitrogens with zero attached hydrogens (tertiary/aromatic N) is 1. The number of thiophene rings is 1. The van der Waals surface area contributed by atoms with Gasteiger partial charge in [0, 0.05) is 22.8 Å². The lowest BCUT2D eigenvalue weighted by molar-refractivity contribution is 0.102. The zero-order chi connectivity index (χ0) is 16.2. The van der Waals surface area contributed by atoms with E-state index >= 15 is 0 Å². The molecule has 0 bridgehead atoms. The maximum atomic E-state index is 12.1. The lowest BCUT2D eigenvalue weighted by Crippen LogP contribution is -2.13. The van der Waals surface area contributed by atoms with Crippen LogP contribution in [-0.2, 0) is 0 Å². The van der Waals surface area contributed by atoms with Crippen molar-refractivity contribution < 1.29 is 9.59 Å². The first kappa shape index (κ1) is 15.9. The van der Waals surface area contributed by atoms with E-state index in [9.17, 15) is 9.59 Å². The molecule has 0 aliphatic rings. The molecular formula is C15H10BrN3O2S2. The SMILES string of the molecule is O=C(Nc1nccs1)c1ccc(NC(=O)c2ccc(Br)s2)cc1. The minimum absolute atomic E-state index is 0.180. The summed E-state index contributed by atoms with van der Waals surface area (Å²) >= 11 is 6.04. The number of amides is 2. The lowest BCUT2D eigenvalue weighted by Gasteiger charge is -2.05. The van der Waals surface area contributed by atoms with Gasteiger partial charge in [0.05, 0.1) is 8.66 Å². The number of anilines is 2. The largest absolute Gasteiger partial charge is 0.321 e. The van der Waals surface area contributed by atoms with Crippen LogP contribution in [0, 0.1) is 0 Å². The van der Waals surface area contributed by atoms with Crippen LogP contribution in [0.15, 0.2) is 51.8 Å². The molecule has 0 radical (unpaired) electrons. The van der Waals surface area contributed by atoms with E-state index in [-0.39, 0.29) is 11.8 Å². The van der Waals surface area contributed by atoms with Crippen molar-refractivity contribution in [2.75, 3.05) is 10.6 Å². The fraction of sp³-hybridized carbons (Fsp3) is 0. The Kier molecular flexibility index (Phi) is 4.85. The molecule has 0 saturated heterocycles. The molecule has 23 heavy (non-hydrogen) atoms. The predicted molar refractivity (Wildman–Crippen MR) is 96.5 cm³/mol. The third-order valence-electron chi connectivity index (χ3n) is 2.85. The highest BCUT2D eigenvalue weighted by molar-refractivity contribution is 9.11. The summed E-state index contributed by atoms with van der Waals surface area (Å²) in [5, 5.41) is 7.84. The van der Waals surface area contributed by atoms with Gasteiger partial charge in [-0.15, -0.1) is 22.7 Å². The second kappa shape index (κ2) is 7.03. The van der Waals surface area contributed by atoms with E-state index < -0.39 is 0 Å². The fourth-order valence-electron chi connectivity index (χ4n) is 1.79. The van der Waals surface area contributed by atoms with Crippen LogP contribution in [0.3, 0.4) is 0 Å². The van der Waals surface area contributed by atoms with E-state index in [4.69, 9.17) is 0 Å². The van der Waals surface area contributed by atoms with Gasteiger partial charge in [-0.2, -0.15) is 0 Å². The van der Waals surface area contributed by atoms with Gasteiger partial charge in [0.25, 0.3) is 11.8 Å². The smallest absolute Gasteiger partial charge is 0.265 e. The van der Waals surface area contributed by atoms with Crippen molar-refractivity contribution in [2.45, 2.75) is 0 Å². The van der Waals surface area contributed by atoms with Crippen molar-refractivity contribution in [3.8, 4) is 0 Å². The maximum absolute atomic E-state index is 12.1. The van der Waals surface area contributed by atoms with E-state index in [0.29, 0.717) is 21.3 Å². The Bertz CT molecular complexity index is 829. The molecule has 0 atom stereocenters. The van der Waals surface area contributed by atoms with Crippen LogP contribution >= 0.6 is 38.6 Å². The van der Waals surface area contributed by atoms with Gasteiger partial charge < -0.3 is 5.32 Å². The minimum atomic E-state index is -0.236. The number of carbonyl (C=O) groups excluding carboxylic acids is 2. The number of thiazole rings is 1. The molecule has 2 heterocycles. The molecule has 8 heteroatoms. The van der Waals surface area contributed by atoms with Crippen LogP contribution in [0.25, 0.3) is 0 Å². The molecule has 2 amide bonds. The average molecular weight is 408 g/mol. The van der Waals surface area contributed by atoms with E-state index in [0.717, 1.165) is 3.79 Å². The molecule has 0 aliphatic heterocycles. The molecule has 0 spiro atoms. The first-order valence-electron chi connectivity index (χ1n) is 6.49. The Morgan fingerprint density at radius 2 is 1.78 bits per heavy atom. The number of benzene rings is 1. The number of hydrogen-bond acceptors (Lipinski definition) is 5. The molecule has 0 unspecified atom stereocenters.